The number of hydrogen-bond acceptors (Lipinski definition) is 16. The second kappa shape index (κ2) is 21.2. The van der Waals surface area contributed by atoms with E-state index < -0.39 is 129 Å². The molecule has 56 heavy (non-hydrogen) atoms. The zero-order valence-corrected chi connectivity index (χ0v) is 32.0. The van der Waals surface area contributed by atoms with Crippen LogP contribution in [0.25, 0.3) is 0 Å². The van der Waals surface area contributed by atoms with E-state index in [-0.39, 0.29) is 13.0 Å². The first-order chi connectivity index (χ1) is 26.6. The average Bonchev–Trinajstić information content (AvgIpc) is 3.45. The highest BCUT2D eigenvalue weighted by Gasteiger charge is 2.54. The molecule has 0 aromatic rings. The number of aliphatic hydroxyl groups excluding tert-OH is 8. The maximum absolute atomic E-state index is 13.1. The number of carbonyl (C=O) groups is 4. The minimum Gasteiger partial charge on any atom is -0.394 e. The van der Waals surface area contributed by atoms with Gasteiger partial charge in [0.15, 0.2) is 18.8 Å². The molecule has 20 nitrogen and oxygen atoms in total. The number of allylic oxidation sites excluding steroid dienone is 1. The third-order valence-electron chi connectivity index (χ3n) is 10.8. The highest BCUT2D eigenvalue weighted by Crippen LogP contribution is 2.33. The lowest BCUT2D eigenvalue weighted by Gasteiger charge is -2.47. The van der Waals surface area contributed by atoms with Crippen molar-refractivity contribution in [3.8, 4) is 0 Å². The van der Waals surface area contributed by atoms with E-state index in [4.69, 9.17) is 18.9 Å². The van der Waals surface area contributed by atoms with Crippen molar-refractivity contribution >= 4 is 23.8 Å². The Labute approximate surface area is 325 Å². The number of aliphatic hydroxyl groups is 8. The molecule has 20 heteroatoms. The molecule has 4 saturated heterocycles. The molecule has 4 aliphatic heterocycles. The number of carbonyl (C=O) groups excluding carboxylic acids is 4. The quantitative estimate of drug-likeness (QED) is 0.0485. The number of hydrogen-bond donors (Lipinski definition) is 11. The van der Waals surface area contributed by atoms with Gasteiger partial charge in [-0.2, -0.15) is 0 Å². The van der Waals surface area contributed by atoms with Gasteiger partial charge in [0.1, 0.15) is 60.9 Å². The van der Waals surface area contributed by atoms with Gasteiger partial charge in [-0.05, 0) is 24.8 Å². The monoisotopic (exact) mass is 804 g/mol. The number of ether oxygens (including phenoxy) is 4. The Balaban J connectivity index is 1.48. The van der Waals surface area contributed by atoms with Gasteiger partial charge in [-0.3, -0.25) is 24.6 Å². The fraction of sp³-hybridized carbons (Fsp3) is 0.833. The highest BCUT2D eigenvalue weighted by atomic mass is 16.8. The smallest absolute Gasteiger partial charge is 0.326 e. The van der Waals surface area contributed by atoms with Gasteiger partial charge in [-0.1, -0.05) is 52.0 Å². The van der Waals surface area contributed by atoms with Crippen LogP contribution >= 0.6 is 0 Å². The minimum atomic E-state index is -1.84. The molecule has 4 aliphatic rings. The van der Waals surface area contributed by atoms with E-state index in [0.717, 1.165) is 50.3 Å². The van der Waals surface area contributed by atoms with Crippen LogP contribution in [0, 0.1) is 5.92 Å². The van der Waals surface area contributed by atoms with Crippen molar-refractivity contribution in [2.45, 2.75) is 170 Å². The second-order valence-corrected chi connectivity index (χ2v) is 15.1. The normalized spacial score (nSPS) is 37.7. The summed E-state index contributed by atoms with van der Waals surface area (Å²) >= 11 is 0. The predicted octanol–water partition coefficient (Wildman–Crippen LogP) is -3.04. The fourth-order valence-electron chi connectivity index (χ4n) is 7.28. The third-order valence-corrected chi connectivity index (χ3v) is 10.8. The van der Waals surface area contributed by atoms with Gasteiger partial charge < -0.3 is 70.4 Å². The number of nitrogens with zero attached hydrogens (tertiary/aromatic N) is 1. The molecule has 16 atom stereocenters. The Morgan fingerprint density at radius 1 is 0.893 bits per heavy atom. The molecular weight excluding hydrogens is 744 g/mol. The van der Waals surface area contributed by atoms with Gasteiger partial charge in [0, 0.05) is 26.3 Å². The number of amides is 5. The molecule has 0 saturated carbocycles. The zero-order chi connectivity index (χ0) is 41.3. The third kappa shape index (κ3) is 11.6. The lowest BCUT2D eigenvalue weighted by Crippen LogP contribution is -2.68. The average molecular weight is 805 g/mol. The summed E-state index contributed by atoms with van der Waals surface area (Å²) in [6, 6.07) is -3.86. The number of unbranched alkanes of at least 4 members (excludes halogenated alkanes) is 4. The number of nitrogens with one attached hydrogen (secondary N) is 3. The lowest BCUT2D eigenvalue weighted by atomic mass is 9.91. The number of imide groups is 1. The van der Waals surface area contributed by atoms with Gasteiger partial charge >= 0.3 is 6.03 Å². The summed E-state index contributed by atoms with van der Waals surface area (Å²) < 4.78 is 23.3. The Morgan fingerprint density at radius 3 is 2.14 bits per heavy atom. The van der Waals surface area contributed by atoms with E-state index in [1.54, 1.807) is 6.08 Å². The van der Waals surface area contributed by atoms with E-state index in [9.17, 15) is 60.0 Å². The van der Waals surface area contributed by atoms with Crippen LogP contribution in [0.15, 0.2) is 12.2 Å². The molecule has 0 aliphatic carbocycles. The number of rotatable bonds is 18. The van der Waals surface area contributed by atoms with Gasteiger partial charge in [-0.15, -0.1) is 0 Å². The summed E-state index contributed by atoms with van der Waals surface area (Å²) in [7, 11) is 0. The molecule has 0 unspecified atom stereocenters. The first-order valence-electron chi connectivity index (χ1n) is 19.4. The van der Waals surface area contributed by atoms with Gasteiger partial charge in [0.2, 0.25) is 17.7 Å². The van der Waals surface area contributed by atoms with E-state index in [2.05, 4.69) is 29.8 Å². The minimum absolute atomic E-state index is 0.0995. The zero-order valence-electron chi connectivity index (χ0n) is 32.0. The van der Waals surface area contributed by atoms with E-state index in [1.807, 2.05) is 0 Å². The summed E-state index contributed by atoms with van der Waals surface area (Å²) in [5.74, 6) is -1.21. The molecule has 320 valence electrons. The first kappa shape index (κ1) is 45.8. The van der Waals surface area contributed by atoms with Gasteiger partial charge in [0.05, 0.1) is 18.8 Å². The molecule has 11 N–H and O–H groups in total. The Kier molecular flexibility index (Phi) is 17.4. The van der Waals surface area contributed by atoms with E-state index in [0.29, 0.717) is 12.3 Å². The van der Waals surface area contributed by atoms with Crippen molar-refractivity contribution in [2.75, 3.05) is 13.2 Å². The van der Waals surface area contributed by atoms with Crippen LogP contribution in [0.1, 0.15) is 78.6 Å². The van der Waals surface area contributed by atoms with Crippen molar-refractivity contribution in [2.24, 2.45) is 5.92 Å². The molecular formula is C36H60N4O16. The van der Waals surface area contributed by atoms with Crippen LogP contribution < -0.4 is 16.0 Å². The second-order valence-electron chi connectivity index (χ2n) is 15.1. The predicted molar refractivity (Wildman–Crippen MR) is 192 cm³/mol. The molecule has 0 radical (unpaired) electrons. The Bertz CT molecular complexity index is 1340. The summed E-state index contributed by atoms with van der Waals surface area (Å²) in [5, 5.41) is 93.4. The van der Waals surface area contributed by atoms with Crippen LogP contribution in [-0.2, 0) is 33.3 Å². The molecule has 0 spiro atoms. The lowest BCUT2D eigenvalue weighted by molar-refractivity contribution is -0.346. The summed E-state index contributed by atoms with van der Waals surface area (Å²) in [4.78, 5) is 50.1. The maximum atomic E-state index is 13.1. The summed E-state index contributed by atoms with van der Waals surface area (Å²) in [5.41, 5.74) is 0. The highest BCUT2D eigenvalue weighted by molar-refractivity contribution is 5.96. The molecule has 0 aromatic carbocycles. The standard InChI is InChI=1S/C36H60N4O16/c1-4-17(2)11-9-7-5-6-8-10-12-22(44)38-25-29(49)26(46)20(53-35(25)56-34-24(37-18(3)42)28(48)27(47)21(16-41)54-34)15-19(43)32-30(50)31(51)33(55-32)40-14-13-23(45)39-36(40)52/h10,12,17,19-21,24-35,41,43,46-51H,4-9,11,13-16H2,1-3H3,(H,37,42)(H,38,44)(H,39,45,52)/b12-10+/t17-,19-,20+,21-,24-,25+,26+,27-,28-,29+,30-,31-,32+,33-,34+,35-/m0/s1. The summed E-state index contributed by atoms with van der Waals surface area (Å²) in [6.45, 7) is 4.60. The largest absolute Gasteiger partial charge is 0.394 e. The molecule has 4 fully saturated rings. The van der Waals surface area contributed by atoms with Crippen molar-refractivity contribution in [3.05, 3.63) is 12.2 Å². The molecule has 5 amide bonds. The van der Waals surface area contributed by atoms with Crippen molar-refractivity contribution in [1.82, 2.24) is 20.9 Å². The molecule has 0 aromatic heterocycles. The van der Waals surface area contributed by atoms with Crippen LogP contribution in [0.3, 0.4) is 0 Å². The van der Waals surface area contributed by atoms with E-state index in [1.165, 1.54) is 6.08 Å². The molecule has 4 heterocycles. The molecule has 4 rings (SSSR count). The number of urea groups is 1. The van der Waals surface area contributed by atoms with E-state index >= 15 is 0 Å². The van der Waals surface area contributed by atoms with Crippen molar-refractivity contribution in [1.29, 1.82) is 0 Å². The fourth-order valence-corrected chi connectivity index (χ4v) is 7.28. The molecule has 0 bridgehead atoms. The van der Waals surface area contributed by atoms with Crippen molar-refractivity contribution < 1.29 is 79.0 Å². The van der Waals surface area contributed by atoms with Crippen LogP contribution in [0.2, 0.25) is 0 Å². The Hall–Kier alpha value is -2.86. The Morgan fingerprint density at radius 2 is 1.52 bits per heavy atom. The van der Waals surface area contributed by atoms with Crippen molar-refractivity contribution in [3.63, 3.8) is 0 Å². The van der Waals surface area contributed by atoms with Crippen LogP contribution in [0.4, 0.5) is 4.79 Å². The van der Waals surface area contributed by atoms with Crippen LogP contribution in [-0.4, -0.2) is 175 Å². The summed E-state index contributed by atoms with van der Waals surface area (Å²) in [6.07, 6.45) is -12.4. The topological polar surface area (TPSA) is 306 Å². The maximum Gasteiger partial charge on any atom is 0.326 e. The SMILES string of the molecule is CC[C@H](C)CCCCCC/C=C/C(=O)N[C@H]1[C@H](O[C@H]2O[C@@H](CO)[C@H](O)[C@@H](O)[C@@H]2NC(C)=O)O[C@H](C[C@H](O)[C@H]2O[C@H](N3CCC(=O)NC3=O)[C@@H](O)[C@@H]2O)[C@@H](O)[C@@H]1O. The first-order valence-corrected chi connectivity index (χ1v) is 19.4. The van der Waals surface area contributed by atoms with Gasteiger partial charge in [0.25, 0.3) is 0 Å². The van der Waals surface area contributed by atoms with Gasteiger partial charge in [-0.25, -0.2) is 4.79 Å². The van der Waals surface area contributed by atoms with Crippen LogP contribution in [0.5, 0.6) is 0 Å².